The Kier molecular flexibility index (Phi) is 5.48. The first-order valence-electron chi connectivity index (χ1n) is 8.50. The fraction of sp³-hybridized carbons (Fsp3) is 0.444. The van der Waals surface area contributed by atoms with Gasteiger partial charge in [0.05, 0.1) is 11.8 Å². The number of rotatable bonds is 6. The molecule has 1 N–H and O–H groups in total. The van der Waals surface area contributed by atoms with E-state index in [9.17, 15) is 4.79 Å². The van der Waals surface area contributed by atoms with Crippen molar-refractivity contribution in [2.45, 2.75) is 32.4 Å². The topological polar surface area (TPSA) is 59.4 Å². The molecular formula is C18H24N4O2. The van der Waals surface area contributed by atoms with Crippen LogP contribution in [-0.2, 0) is 11.3 Å². The van der Waals surface area contributed by atoms with Crippen LogP contribution in [0.5, 0.6) is 0 Å². The second-order valence-electron chi connectivity index (χ2n) is 5.91. The first-order valence-corrected chi connectivity index (χ1v) is 8.50. The number of amides is 2. The number of likely N-dealkylation sites (N-methyl/N-ethyl adjacent to an activating group) is 1. The zero-order chi connectivity index (χ0) is 16.8. The maximum Gasteiger partial charge on any atom is 0.317 e. The summed E-state index contributed by atoms with van der Waals surface area (Å²) in [6.07, 6.45) is 5.94. The second kappa shape index (κ2) is 7.97. The molecule has 0 bridgehead atoms. The van der Waals surface area contributed by atoms with Gasteiger partial charge in [-0.25, -0.2) is 9.48 Å². The van der Waals surface area contributed by atoms with Crippen LogP contribution in [0.1, 0.15) is 25.3 Å². The minimum absolute atomic E-state index is 0.0525. The van der Waals surface area contributed by atoms with Gasteiger partial charge in [0, 0.05) is 38.6 Å². The number of para-hydroxylation sites is 1. The zero-order valence-corrected chi connectivity index (χ0v) is 14.0. The molecule has 1 aromatic carbocycles. The lowest BCUT2D eigenvalue weighted by molar-refractivity contribution is 0.0826. The molecule has 6 nitrogen and oxygen atoms in total. The maximum absolute atomic E-state index is 12.5. The molecule has 2 aromatic rings. The van der Waals surface area contributed by atoms with E-state index in [1.54, 1.807) is 6.20 Å². The van der Waals surface area contributed by atoms with Gasteiger partial charge >= 0.3 is 6.03 Å². The van der Waals surface area contributed by atoms with Crippen LogP contribution in [0.2, 0.25) is 0 Å². The van der Waals surface area contributed by atoms with Gasteiger partial charge in [-0.2, -0.15) is 5.10 Å². The van der Waals surface area contributed by atoms with E-state index in [0.29, 0.717) is 19.6 Å². The van der Waals surface area contributed by atoms with E-state index < -0.39 is 0 Å². The summed E-state index contributed by atoms with van der Waals surface area (Å²) in [5, 5.41) is 7.29. The number of urea groups is 1. The van der Waals surface area contributed by atoms with Crippen molar-refractivity contribution >= 4 is 6.03 Å². The molecule has 0 aliphatic carbocycles. The molecule has 2 heterocycles. The van der Waals surface area contributed by atoms with Crippen LogP contribution in [0.15, 0.2) is 42.7 Å². The Bertz CT molecular complexity index is 651. The summed E-state index contributed by atoms with van der Waals surface area (Å²) < 4.78 is 7.44. The van der Waals surface area contributed by atoms with E-state index in [-0.39, 0.29) is 12.1 Å². The van der Waals surface area contributed by atoms with Crippen molar-refractivity contribution in [2.24, 2.45) is 0 Å². The Labute approximate surface area is 142 Å². The molecule has 1 aromatic heterocycles. The van der Waals surface area contributed by atoms with Crippen LogP contribution in [0.4, 0.5) is 4.79 Å². The Morgan fingerprint density at radius 3 is 3.00 bits per heavy atom. The molecule has 24 heavy (non-hydrogen) atoms. The van der Waals surface area contributed by atoms with E-state index in [0.717, 1.165) is 30.7 Å². The molecule has 1 saturated heterocycles. The quantitative estimate of drug-likeness (QED) is 0.887. The molecular weight excluding hydrogens is 304 g/mol. The van der Waals surface area contributed by atoms with Crippen molar-refractivity contribution in [3.05, 3.63) is 48.3 Å². The minimum atomic E-state index is -0.0525. The normalized spacial score (nSPS) is 17.0. The van der Waals surface area contributed by atoms with E-state index in [1.807, 2.05) is 53.0 Å². The van der Waals surface area contributed by atoms with Crippen molar-refractivity contribution in [2.75, 3.05) is 19.7 Å². The average Bonchev–Trinajstić information content (AvgIpc) is 3.31. The van der Waals surface area contributed by atoms with Gasteiger partial charge < -0.3 is 15.0 Å². The number of nitrogens with one attached hydrogen (secondary N) is 1. The number of hydrogen-bond acceptors (Lipinski definition) is 3. The van der Waals surface area contributed by atoms with Crippen LogP contribution in [-0.4, -0.2) is 46.5 Å². The molecule has 6 heteroatoms. The fourth-order valence-electron chi connectivity index (χ4n) is 2.97. The highest BCUT2D eigenvalue weighted by atomic mass is 16.5. The number of aromatic nitrogens is 2. The number of ether oxygens (including phenoxy) is 1. The Hall–Kier alpha value is -2.34. The summed E-state index contributed by atoms with van der Waals surface area (Å²) >= 11 is 0. The molecule has 0 saturated carbocycles. The van der Waals surface area contributed by atoms with Crippen LogP contribution in [0.3, 0.4) is 0 Å². The smallest absolute Gasteiger partial charge is 0.317 e. The minimum Gasteiger partial charge on any atom is -0.376 e. The summed E-state index contributed by atoms with van der Waals surface area (Å²) in [4.78, 5) is 14.3. The molecule has 1 atom stereocenters. The lowest BCUT2D eigenvalue weighted by Crippen LogP contribution is -2.43. The monoisotopic (exact) mass is 328 g/mol. The first kappa shape index (κ1) is 16.5. The standard InChI is InChI=1S/C18H24N4O2/c1-2-21(14-16-8-5-12-24-16)18(23)19-13-15-7-3-4-9-17(15)22-11-6-10-20-22/h3-4,6-7,9-11,16H,2,5,8,12-14H2,1H3,(H,19,23)/t16-/m1/s1. The largest absolute Gasteiger partial charge is 0.376 e. The average molecular weight is 328 g/mol. The van der Waals surface area contributed by atoms with Crippen molar-refractivity contribution in [3.63, 3.8) is 0 Å². The summed E-state index contributed by atoms with van der Waals surface area (Å²) in [6, 6.07) is 9.78. The summed E-state index contributed by atoms with van der Waals surface area (Å²) in [7, 11) is 0. The lowest BCUT2D eigenvalue weighted by Gasteiger charge is -2.24. The molecule has 128 valence electrons. The van der Waals surface area contributed by atoms with Gasteiger partial charge in [-0.1, -0.05) is 18.2 Å². The van der Waals surface area contributed by atoms with Crippen molar-refractivity contribution in [1.29, 1.82) is 0 Å². The number of benzene rings is 1. The first-order chi connectivity index (χ1) is 11.8. The molecule has 3 rings (SSSR count). The summed E-state index contributed by atoms with van der Waals surface area (Å²) in [5.41, 5.74) is 2.01. The highest BCUT2D eigenvalue weighted by Crippen LogP contribution is 2.15. The van der Waals surface area contributed by atoms with E-state index in [2.05, 4.69) is 10.4 Å². The molecule has 1 aliphatic heterocycles. The van der Waals surface area contributed by atoms with E-state index in [4.69, 9.17) is 4.74 Å². The molecule has 0 unspecified atom stereocenters. The molecule has 1 aliphatic rings. The van der Waals surface area contributed by atoms with Crippen molar-refractivity contribution < 1.29 is 9.53 Å². The summed E-state index contributed by atoms with van der Waals surface area (Å²) in [6.45, 7) is 4.60. The van der Waals surface area contributed by atoms with E-state index in [1.165, 1.54) is 0 Å². The Morgan fingerprint density at radius 1 is 1.42 bits per heavy atom. The number of carbonyl (C=O) groups is 1. The lowest BCUT2D eigenvalue weighted by atomic mass is 10.2. The number of hydrogen-bond donors (Lipinski definition) is 1. The van der Waals surface area contributed by atoms with Crippen LogP contribution < -0.4 is 5.32 Å². The SMILES string of the molecule is CCN(C[C@H]1CCCO1)C(=O)NCc1ccccc1-n1cccn1. The molecule has 0 radical (unpaired) electrons. The van der Waals surface area contributed by atoms with Crippen LogP contribution in [0, 0.1) is 0 Å². The highest BCUT2D eigenvalue weighted by molar-refractivity contribution is 5.74. The third kappa shape index (κ3) is 3.94. The Morgan fingerprint density at radius 2 is 2.29 bits per heavy atom. The van der Waals surface area contributed by atoms with Gasteiger partial charge in [0.15, 0.2) is 0 Å². The predicted octanol–water partition coefficient (Wildman–Crippen LogP) is 2.58. The van der Waals surface area contributed by atoms with Gasteiger partial charge in [-0.3, -0.25) is 0 Å². The van der Waals surface area contributed by atoms with Crippen molar-refractivity contribution in [3.8, 4) is 5.69 Å². The third-order valence-corrected chi connectivity index (χ3v) is 4.29. The van der Waals surface area contributed by atoms with Crippen LogP contribution >= 0.6 is 0 Å². The molecule has 2 amide bonds. The van der Waals surface area contributed by atoms with Crippen LogP contribution in [0.25, 0.3) is 5.69 Å². The highest BCUT2D eigenvalue weighted by Gasteiger charge is 2.21. The predicted molar refractivity (Wildman–Crippen MR) is 92.0 cm³/mol. The van der Waals surface area contributed by atoms with Crippen molar-refractivity contribution in [1.82, 2.24) is 20.0 Å². The molecule has 0 spiro atoms. The van der Waals surface area contributed by atoms with Gasteiger partial charge in [0.25, 0.3) is 0 Å². The summed E-state index contributed by atoms with van der Waals surface area (Å²) in [5.74, 6) is 0. The number of carbonyl (C=O) groups excluding carboxylic acids is 1. The maximum atomic E-state index is 12.5. The number of nitrogens with zero attached hydrogens (tertiary/aromatic N) is 3. The third-order valence-electron chi connectivity index (χ3n) is 4.29. The molecule has 1 fully saturated rings. The van der Waals surface area contributed by atoms with Gasteiger partial charge in [-0.05, 0) is 37.5 Å². The van der Waals surface area contributed by atoms with Gasteiger partial charge in [-0.15, -0.1) is 0 Å². The zero-order valence-electron chi connectivity index (χ0n) is 14.0. The second-order valence-corrected chi connectivity index (χ2v) is 5.91. The van der Waals surface area contributed by atoms with Gasteiger partial charge in [0.2, 0.25) is 0 Å². The Balaban J connectivity index is 1.61. The fourth-order valence-corrected chi connectivity index (χ4v) is 2.97. The van der Waals surface area contributed by atoms with Gasteiger partial charge in [0.1, 0.15) is 0 Å². The van der Waals surface area contributed by atoms with E-state index >= 15 is 0 Å².